The van der Waals surface area contributed by atoms with E-state index in [0.29, 0.717) is 0 Å². The first-order valence-corrected chi connectivity index (χ1v) is 6.71. The average molecular weight is 332 g/mol. The molecule has 0 aliphatic carbocycles. The van der Waals surface area contributed by atoms with Gasteiger partial charge >= 0.3 is 0 Å². The molecule has 0 fully saturated rings. The van der Waals surface area contributed by atoms with Crippen LogP contribution in [0, 0.1) is 11.3 Å². The summed E-state index contributed by atoms with van der Waals surface area (Å²) in [6.07, 6.45) is -3.06. The monoisotopic (exact) mass is 330 g/mol. The Morgan fingerprint density at radius 2 is 2.12 bits per heavy atom. The van der Waals surface area contributed by atoms with Crippen molar-refractivity contribution in [2.24, 2.45) is 0 Å². The number of hydrogen-bond acceptors (Lipinski definition) is 4. The lowest BCUT2D eigenvalue weighted by molar-refractivity contribution is 0.147. The molecule has 0 saturated carbocycles. The van der Waals surface area contributed by atoms with Crippen molar-refractivity contribution in [3.05, 3.63) is 21.8 Å². The van der Waals surface area contributed by atoms with E-state index in [4.69, 9.17) is 15.9 Å². The molecular formula is C7H2BrClF2N2O2S. The SMILES string of the molecule is N#Cc1nc(S(=O)(=O)Cl)c(C(F)F)cc1Br. The van der Waals surface area contributed by atoms with Crippen LogP contribution in [0.1, 0.15) is 17.7 Å². The van der Waals surface area contributed by atoms with E-state index < -0.39 is 26.1 Å². The van der Waals surface area contributed by atoms with E-state index in [1.807, 2.05) is 0 Å². The van der Waals surface area contributed by atoms with Gasteiger partial charge in [0, 0.05) is 10.7 Å². The molecule has 1 aromatic heterocycles. The van der Waals surface area contributed by atoms with Crippen molar-refractivity contribution >= 4 is 35.7 Å². The molecule has 9 heteroatoms. The van der Waals surface area contributed by atoms with Gasteiger partial charge in [-0.2, -0.15) is 5.26 Å². The summed E-state index contributed by atoms with van der Waals surface area (Å²) in [5, 5.41) is 7.57. The Labute approximate surface area is 102 Å². The first kappa shape index (κ1) is 13.3. The summed E-state index contributed by atoms with van der Waals surface area (Å²) in [5.41, 5.74) is -1.18. The van der Waals surface area contributed by atoms with Crippen LogP contribution in [-0.4, -0.2) is 13.4 Å². The van der Waals surface area contributed by atoms with Crippen molar-refractivity contribution in [1.82, 2.24) is 4.98 Å². The van der Waals surface area contributed by atoms with E-state index in [1.165, 1.54) is 0 Å². The quantitative estimate of drug-likeness (QED) is 0.781. The van der Waals surface area contributed by atoms with Crippen molar-refractivity contribution in [3.8, 4) is 6.07 Å². The number of halogens is 4. The lowest BCUT2D eigenvalue weighted by Crippen LogP contribution is -2.04. The fraction of sp³-hybridized carbons (Fsp3) is 0.143. The molecule has 4 nitrogen and oxygen atoms in total. The number of alkyl halides is 2. The minimum atomic E-state index is -4.42. The summed E-state index contributed by atoms with van der Waals surface area (Å²) < 4.78 is 47.0. The smallest absolute Gasteiger partial charge is 0.222 e. The molecule has 0 saturated heterocycles. The summed E-state index contributed by atoms with van der Waals surface area (Å²) in [7, 11) is 0.522. The van der Waals surface area contributed by atoms with Crippen molar-refractivity contribution in [2.45, 2.75) is 11.5 Å². The summed E-state index contributed by atoms with van der Waals surface area (Å²) in [5.74, 6) is 0. The molecule has 0 spiro atoms. The highest BCUT2D eigenvalue weighted by molar-refractivity contribution is 9.10. The number of hydrogen-bond donors (Lipinski definition) is 0. The predicted octanol–water partition coefficient (Wildman–Crippen LogP) is 2.58. The van der Waals surface area contributed by atoms with Gasteiger partial charge in [0.15, 0.2) is 10.7 Å². The van der Waals surface area contributed by atoms with Crippen LogP contribution in [0.3, 0.4) is 0 Å². The second kappa shape index (κ2) is 4.61. The molecule has 1 rings (SSSR count). The molecule has 1 aromatic rings. The van der Waals surface area contributed by atoms with E-state index >= 15 is 0 Å². The van der Waals surface area contributed by atoms with E-state index in [-0.39, 0.29) is 10.2 Å². The minimum Gasteiger partial charge on any atom is -0.222 e. The average Bonchev–Trinajstić information content (AvgIpc) is 2.15. The number of nitriles is 1. The van der Waals surface area contributed by atoms with Crippen LogP contribution in [0.25, 0.3) is 0 Å². The van der Waals surface area contributed by atoms with Crippen molar-refractivity contribution in [1.29, 1.82) is 5.26 Å². The molecule has 0 atom stereocenters. The van der Waals surface area contributed by atoms with Gasteiger partial charge < -0.3 is 0 Å². The van der Waals surface area contributed by atoms with Crippen molar-refractivity contribution < 1.29 is 17.2 Å². The van der Waals surface area contributed by atoms with Gasteiger partial charge in [-0.15, -0.1) is 0 Å². The van der Waals surface area contributed by atoms with Crippen LogP contribution in [0.2, 0.25) is 0 Å². The topological polar surface area (TPSA) is 70.8 Å². The van der Waals surface area contributed by atoms with Gasteiger partial charge in [0.25, 0.3) is 15.5 Å². The molecule has 0 aliphatic rings. The zero-order valence-electron chi connectivity index (χ0n) is 7.29. The van der Waals surface area contributed by atoms with Crippen LogP contribution in [0.15, 0.2) is 15.6 Å². The van der Waals surface area contributed by atoms with Crippen molar-refractivity contribution in [2.75, 3.05) is 0 Å². The van der Waals surface area contributed by atoms with Crippen LogP contribution in [-0.2, 0) is 9.05 Å². The molecule has 0 bridgehead atoms. The summed E-state index contributed by atoms with van der Waals surface area (Å²) >= 11 is 2.82. The lowest BCUT2D eigenvalue weighted by atomic mass is 10.2. The normalized spacial score (nSPS) is 11.5. The molecule has 1 heterocycles. The third kappa shape index (κ3) is 2.66. The van der Waals surface area contributed by atoms with Gasteiger partial charge in [0.1, 0.15) is 6.07 Å². The third-order valence-corrected chi connectivity index (χ3v) is 3.37. The maximum Gasteiger partial charge on any atom is 0.279 e. The molecule has 0 aromatic carbocycles. The molecule has 0 amide bonds. The lowest BCUT2D eigenvalue weighted by Gasteiger charge is -2.06. The number of rotatable bonds is 2. The van der Waals surface area contributed by atoms with Gasteiger partial charge in [0.05, 0.1) is 10.0 Å². The molecule has 86 valence electrons. The zero-order chi connectivity index (χ0) is 12.5. The molecule has 0 unspecified atom stereocenters. The highest BCUT2D eigenvalue weighted by Gasteiger charge is 2.25. The van der Waals surface area contributed by atoms with Gasteiger partial charge in [-0.3, -0.25) is 0 Å². The molecule has 16 heavy (non-hydrogen) atoms. The summed E-state index contributed by atoms with van der Waals surface area (Å²) in [6.45, 7) is 0. The highest BCUT2D eigenvalue weighted by atomic mass is 79.9. The Hall–Kier alpha value is -0.780. The van der Waals surface area contributed by atoms with E-state index in [2.05, 4.69) is 20.9 Å². The summed E-state index contributed by atoms with van der Waals surface area (Å²) in [4.78, 5) is 3.28. The standard InChI is InChI=1S/C7H2BrClF2N2O2S/c8-4-1-3(6(10)11)7(16(9,14)15)13-5(4)2-12/h1,6H. The van der Waals surface area contributed by atoms with E-state index in [0.717, 1.165) is 6.07 Å². The fourth-order valence-electron chi connectivity index (χ4n) is 0.916. The highest BCUT2D eigenvalue weighted by Crippen LogP contribution is 2.30. The largest absolute Gasteiger partial charge is 0.279 e. The maximum atomic E-state index is 12.5. The zero-order valence-corrected chi connectivity index (χ0v) is 10.4. The van der Waals surface area contributed by atoms with Gasteiger partial charge in [-0.1, -0.05) is 0 Å². The van der Waals surface area contributed by atoms with E-state index in [1.54, 1.807) is 6.07 Å². The molecule has 0 N–H and O–H groups in total. The van der Waals surface area contributed by atoms with Gasteiger partial charge in [-0.25, -0.2) is 22.2 Å². The van der Waals surface area contributed by atoms with Gasteiger partial charge in [-0.05, 0) is 22.0 Å². The number of nitrogens with zero attached hydrogens (tertiary/aromatic N) is 2. The maximum absolute atomic E-state index is 12.5. The van der Waals surface area contributed by atoms with Crippen LogP contribution in [0.5, 0.6) is 0 Å². The Balaban J connectivity index is 3.64. The van der Waals surface area contributed by atoms with Gasteiger partial charge in [0.2, 0.25) is 0 Å². The van der Waals surface area contributed by atoms with Crippen LogP contribution >= 0.6 is 26.6 Å². The predicted molar refractivity (Wildman–Crippen MR) is 54.6 cm³/mol. The first-order chi connectivity index (χ1) is 7.27. The number of aromatic nitrogens is 1. The Kier molecular flexibility index (Phi) is 3.83. The molecule has 0 radical (unpaired) electrons. The van der Waals surface area contributed by atoms with E-state index in [9.17, 15) is 17.2 Å². The Bertz CT molecular complexity index is 570. The second-order valence-electron chi connectivity index (χ2n) is 2.56. The summed E-state index contributed by atoms with van der Waals surface area (Å²) in [6, 6.07) is 2.36. The third-order valence-electron chi connectivity index (χ3n) is 1.54. The molecular weight excluding hydrogens is 330 g/mol. The Morgan fingerprint density at radius 1 is 1.56 bits per heavy atom. The van der Waals surface area contributed by atoms with Crippen LogP contribution < -0.4 is 0 Å². The Morgan fingerprint density at radius 3 is 2.50 bits per heavy atom. The minimum absolute atomic E-state index is 0.0191. The second-order valence-corrected chi connectivity index (χ2v) is 5.90. The first-order valence-electron chi connectivity index (χ1n) is 3.60. The molecule has 0 aliphatic heterocycles. The van der Waals surface area contributed by atoms with Crippen LogP contribution in [0.4, 0.5) is 8.78 Å². The van der Waals surface area contributed by atoms with Crippen molar-refractivity contribution in [3.63, 3.8) is 0 Å². The fourth-order valence-corrected chi connectivity index (χ4v) is 2.34. The number of pyridine rings is 1.